The highest BCUT2D eigenvalue weighted by Gasteiger charge is 2.22. The topological polar surface area (TPSA) is 46.2 Å². The summed E-state index contributed by atoms with van der Waals surface area (Å²) in [5.74, 6) is -0.118. The van der Waals surface area contributed by atoms with Gasteiger partial charge in [0.25, 0.3) is 0 Å². The van der Waals surface area contributed by atoms with Crippen molar-refractivity contribution in [3.8, 4) is 0 Å². The van der Waals surface area contributed by atoms with Crippen LogP contribution in [0.15, 0.2) is 41.8 Å². The summed E-state index contributed by atoms with van der Waals surface area (Å²) in [6.45, 7) is 0.388. The van der Waals surface area contributed by atoms with Crippen LogP contribution in [0.3, 0.4) is 0 Å². The molecule has 2 atom stereocenters. The van der Waals surface area contributed by atoms with E-state index >= 15 is 0 Å². The van der Waals surface area contributed by atoms with Crippen LogP contribution < -0.4 is 5.73 Å². The lowest BCUT2D eigenvalue weighted by atomic mass is 9.92. The summed E-state index contributed by atoms with van der Waals surface area (Å²) < 4.78 is 0. The Morgan fingerprint density at radius 1 is 1.29 bits per heavy atom. The lowest BCUT2D eigenvalue weighted by molar-refractivity contribution is 0.151. The second-order valence-corrected chi connectivity index (χ2v) is 5.27. The van der Waals surface area contributed by atoms with Crippen molar-refractivity contribution in [3.63, 3.8) is 0 Å². The number of hydrogen-bond acceptors (Lipinski definition) is 3. The Bertz CT molecular complexity index is 472. The van der Waals surface area contributed by atoms with Crippen molar-refractivity contribution in [2.24, 2.45) is 5.73 Å². The molecule has 0 amide bonds. The summed E-state index contributed by atoms with van der Waals surface area (Å²) in [7, 11) is 0. The van der Waals surface area contributed by atoms with Crippen LogP contribution in [0, 0.1) is 0 Å². The Balaban J connectivity index is 2.27. The fourth-order valence-electron chi connectivity index (χ4n) is 1.84. The lowest BCUT2D eigenvalue weighted by Crippen LogP contribution is -2.19. The Kier molecular flexibility index (Phi) is 4.18. The molecule has 0 saturated carbocycles. The van der Waals surface area contributed by atoms with Gasteiger partial charge >= 0.3 is 0 Å². The van der Waals surface area contributed by atoms with E-state index in [4.69, 9.17) is 17.3 Å². The minimum absolute atomic E-state index is 0.118. The average molecular weight is 268 g/mol. The summed E-state index contributed by atoms with van der Waals surface area (Å²) in [6.07, 6.45) is -0.571. The summed E-state index contributed by atoms with van der Waals surface area (Å²) >= 11 is 7.49. The van der Waals surface area contributed by atoms with E-state index in [1.165, 1.54) is 11.3 Å². The lowest BCUT2D eigenvalue weighted by Gasteiger charge is -2.21. The second-order valence-electron chi connectivity index (χ2n) is 3.86. The van der Waals surface area contributed by atoms with Crippen molar-refractivity contribution < 1.29 is 5.11 Å². The van der Waals surface area contributed by atoms with Gasteiger partial charge in [0.1, 0.15) is 0 Å². The normalized spacial score (nSPS) is 14.5. The third-order valence-corrected chi connectivity index (χ3v) is 3.92. The van der Waals surface area contributed by atoms with Crippen molar-refractivity contribution in [1.82, 2.24) is 0 Å². The van der Waals surface area contributed by atoms with Gasteiger partial charge in [-0.05, 0) is 29.1 Å². The highest BCUT2D eigenvalue weighted by Crippen LogP contribution is 2.33. The van der Waals surface area contributed by atoms with Crippen LogP contribution in [0.1, 0.15) is 22.5 Å². The molecule has 90 valence electrons. The first kappa shape index (κ1) is 12.6. The van der Waals surface area contributed by atoms with Gasteiger partial charge in [-0.25, -0.2) is 0 Å². The zero-order valence-corrected chi connectivity index (χ0v) is 10.8. The number of aliphatic hydroxyl groups is 1. The van der Waals surface area contributed by atoms with E-state index in [1.54, 1.807) is 0 Å². The molecule has 1 aromatic heterocycles. The summed E-state index contributed by atoms with van der Waals surface area (Å²) in [5, 5.41) is 12.9. The third-order valence-electron chi connectivity index (χ3n) is 2.75. The van der Waals surface area contributed by atoms with E-state index in [0.717, 1.165) is 10.4 Å². The summed E-state index contributed by atoms with van der Waals surface area (Å²) in [4.78, 5) is 0.931. The first-order chi connectivity index (χ1) is 8.22. The van der Waals surface area contributed by atoms with E-state index < -0.39 is 6.10 Å². The molecule has 0 fully saturated rings. The Labute approximate surface area is 110 Å². The molecule has 0 aliphatic rings. The van der Waals surface area contributed by atoms with E-state index in [2.05, 4.69) is 0 Å². The zero-order chi connectivity index (χ0) is 12.3. The van der Waals surface area contributed by atoms with Gasteiger partial charge in [-0.3, -0.25) is 0 Å². The molecule has 0 saturated heterocycles. The summed E-state index contributed by atoms with van der Waals surface area (Å²) in [6, 6.07) is 11.3. The van der Waals surface area contributed by atoms with Crippen LogP contribution in [-0.2, 0) is 0 Å². The molecule has 1 aromatic carbocycles. The number of aliphatic hydroxyl groups excluding tert-OH is 1. The highest BCUT2D eigenvalue weighted by atomic mass is 35.5. The van der Waals surface area contributed by atoms with Crippen molar-refractivity contribution in [2.45, 2.75) is 12.0 Å². The second kappa shape index (κ2) is 5.65. The third kappa shape index (κ3) is 2.87. The standard InChI is InChI=1S/C13H14ClNOS/c14-10-4-1-3-9(7-10)11(8-15)13(16)12-5-2-6-17-12/h1-7,11,13,16H,8,15H2. The first-order valence-corrected chi connectivity index (χ1v) is 6.65. The molecule has 3 N–H and O–H groups in total. The smallest absolute Gasteiger partial charge is 0.0962 e. The predicted octanol–water partition coefficient (Wildman–Crippen LogP) is 3.18. The van der Waals surface area contributed by atoms with Gasteiger partial charge in [0.2, 0.25) is 0 Å². The molecule has 2 nitrogen and oxygen atoms in total. The van der Waals surface area contributed by atoms with Gasteiger partial charge in [-0.2, -0.15) is 0 Å². The molecule has 0 spiro atoms. The number of hydrogen-bond donors (Lipinski definition) is 2. The first-order valence-electron chi connectivity index (χ1n) is 5.39. The largest absolute Gasteiger partial charge is 0.387 e. The van der Waals surface area contributed by atoms with Crippen LogP contribution in [0.5, 0.6) is 0 Å². The quantitative estimate of drug-likeness (QED) is 0.894. The summed E-state index contributed by atoms with van der Waals surface area (Å²) in [5.41, 5.74) is 6.74. The van der Waals surface area contributed by atoms with Crippen LogP contribution >= 0.6 is 22.9 Å². The molecule has 0 bridgehead atoms. The van der Waals surface area contributed by atoms with Gasteiger partial charge in [0.05, 0.1) is 6.10 Å². The van der Waals surface area contributed by atoms with Crippen molar-refractivity contribution in [3.05, 3.63) is 57.2 Å². The van der Waals surface area contributed by atoms with E-state index in [0.29, 0.717) is 11.6 Å². The minimum Gasteiger partial charge on any atom is -0.387 e. The van der Waals surface area contributed by atoms with E-state index in [1.807, 2.05) is 41.8 Å². The van der Waals surface area contributed by atoms with Crippen LogP contribution in [0.2, 0.25) is 5.02 Å². The van der Waals surface area contributed by atoms with Crippen molar-refractivity contribution >= 4 is 22.9 Å². The molecule has 17 heavy (non-hydrogen) atoms. The molecule has 2 aromatic rings. The Morgan fingerprint density at radius 3 is 2.71 bits per heavy atom. The van der Waals surface area contributed by atoms with Crippen LogP contribution in [-0.4, -0.2) is 11.7 Å². The number of nitrogens with two attached hydrogens (primary N) is 1. The SMILES string of the molecule is NCC(c1cccc(Cl)c1)C(O)c1cccs1. The maximum Gasteiger partial charge on any atom is 0.0962 e. The number of thiophene rings is 1. The number of benzene rings is 1. The minimum atomic E-state index is -0.571. The maximum absolute atomic E-state index is 10.3. The van der Waals surface area contributed by atoms with Gasteiger partial charge in [-0.1, -0.05) is 29.8 Å². The van der Waals surface area contributed by atoms with E-state index in [9.17, 15) is 5.11 Å². The Morgan fingerprint density at radius 2 is 2.12 bits per heavy atom. The number of rotatable bonds is 4. The van der Waals surface area contributed by atoms with Crippen LogP contribution in [0.4, 0.5) is 0 Å². The molecule has 1 heterocycles. The fraction of sp³-hybridized carbons (Fsp3) is 0.231. The van der Waals surface area contributed by atoms with Gasteiger partial charge in [0, 0.05) is 22.4 Å². The van der Waals surface area contributed by atoms with Crippen molar-refractivity contribution in [1.29, 1.82) is 0 Å². The maximum atomic E-state index is 10.3. The molecule has 4 heteroatoms. The monoisotopic (exact) mass is 267 g/mol. The van der Waals surface area contributed by atoms with Crippen molar-refractivity contribution in [2.75, 3.05) is 6.54 Å². The molecule has 2 unspecified atom stereocenters. The predicted molar refractivity (Wildman–Crippen MR) is 72.5 cm³/mol. The number of halogens is 1. The molecule has 0 aliphatic heterocycles. The molecular formula is C13H14ClNOS. The van der Waals surface area contributed by atoms with Gasteiger partial charge in [-0.15, -0.1) is 11.3 Å². The average Bonchev–Trinajstić information content (AvgIpc) is 2.83. The highest BCUT2D eigenvalue weighted by molar-refractivity contribution is 7.10. The van der Waals surface area contributed by atoms with E-state index in [-0.39, 0.29) is 5.92 Å². The van der Waals surface area contributed by atoms with Gasteiger partial charge in [0.15, 0.2) is 0 Å². The Hall–Kier alpha value is -0.870. The fourth-order valence-corrected chi connectivity index (χ4v) is 2.82. The molecule has 2 rings (SSSR count). The molecule has 0 radical (unpaired) electrons. The molecule has 0 aliphatic carbocycles. The van der Waals surface area contributed by atoms with Gasteiger partial charge < -0.3 is 10.8 Å². The zero-order valence-electron chi connectivity index (χ0n) is 9.21. The van der Waals surface area contributed by atoms with Crippen LogP contribution in [0.25, 0.3) is 0 Å². The molecular weight excluding hydrogens is 254 g/mol.